The zero-order valence-corrected chi connectivity index (χ0v) is 21.1. The number of hydrazone groups is 1. The second-order valence-electron chi connectivity index (χ2n) is 8.35. The quantitative estimate of drug-likeness (QED) is 0.255. The lowest BCUT2D eigenvalue weighted by Gasteiger charge is -2.18. The largest absolute Gasteiger partial charge is 0.332 e. The van der Waals surface area contributed by atoms with Crippen LogP contribution < -0.4 is 16.3 Å². The van der Waals surface area contributed by atoms with Gasteiger partial charge in [-0.05, 0) is 28.5 Å². The van der Waals surface area contributed by atoms with Gasteiger partial charge in [0.05, 0.1) is 12.8 Å². The van der Waals surface area contributed by atoms with E-state index in [-0.39, 0.29) is 0 Å². The van der Waals surface area contributed by atoms with Crippen LogP contribution in [0.25, 0.3) is 21.9 Å². The number of aryl methyl sites for hydroxylation is 2. The number of anilines is 1. The Morgan fingerprint density at radius 2 is 1.69 bits per heavy atom. The lowest BCUT2D eigenvalue weighted by Crippen LogP contribution is -2.37. The molecule has 0 N–H and O–H groups in total. The Kier molecular flexibility index (Phi) is 5.86. The van der Waals surface area contributed by atoms with E-state index < -0.39 is 11.2 Å². The molecule has 0 amide bonds. The van der Waals surface area contributed by atoms with Crippen molar-refractivity contribution in [2.45, 2.75) is 6.54 Å². The maximum Gasteiger partial charge on any atom is 0.332 e. The number of halogens is 1. The molecule has 0 radical (unpaired) electrons. The number of imidazole rings is 1. The molecule has 0 saturated heterocycles. The van der Waals surface area contributed by atoms with E-state index in [2.05, 4.69) is 39.1 Å². The number of aromatic nitrogens is 4. The summed E-state index contributed by atoms with van der Waals surface area (Å²) in [6, 6.07) is 22.1. The van der Waals surface area contributed by atoms with Crippen molar-refractivity contribution in [2.24, 2.45) is 26.2 Å². The first-order chi connectivity index (χ1) is 16.8. The number of benzene rings is 3. The minimum Gasteiger partial charge on any atom is -0.306 e. The van der Waals surface area contributed by atoms with E-state index in [1.54, 1.807) is 29.9 Å². The van der Waals surface area contributed by atoms with Gasteiger partial charge in [0.2, 0.25) is 5.95 Å². The Balaban J connectivity index is 1.68. The third-order valence-corrected chi connectivity index (χ3v) is 6.56. The number of fused-ring (bicyclic) bond motifs is 2. The molecular formula is C26H23BrN6O2. The first-order valence-electron chi connectivity index (χ1n) is 11.0. The van der Waals surface area contributed by atoms with E-state index in [1.807, 2.05) is 48.5 Å². The van der Waals surface area contributed by atoms with Gasteiger partial charge in [0, 0.05) is 31.2 Å². The van der Waals surface area contributed by atoms with E-state index in [0.717, 1.165) is 30.9 Å². The summed E-state index contributed by atoms with van der Waals surface area (Å²) in [6.07, 6.45) is 1.80. The molecule has 0 fully saturated rings. The summed E-state index contributed by atoms with van der Waals surface area (Å²) in [4.78, 5) is 30.1. The van der Waals surface area contributed by atoms with Gasteiger partial charge in [-0.25, -0.2) is 9.80 Å². The van der Waals surface area contributed by atoms with Crippen LogP contribution in [-0.2, 0) is 27.7 Å². The summed E-state index contributed by atoms with van der Waals surface area (Å²) < 4.78 is 5.11. The minimum atomic E-state index is -0.426. The molecule has 35 heavy (non-hydrogen) atoms. The Morgan fingerprint density at radius 3 is 2.49 bits per heavy atom. The van der Waals surface area contributed by atoms with E-state index in [1.165, 1.54) is 11.6 Å². The van der Waals surface area contributed by atoms with Crippen molar-refractivity contribution in [3.8, 4) is 0 Å². The summed E-state index contributed by atoms with van der Waals surface area (Å²) in [5.74, 6) is 0.453. The molecule has 2 aromatic heterocycles. The molecule has 176 valence electrons. The van der Waals surface area contributed by atoms with Gasteiger partial charge in [-0.1, -0.05) is 70.5 Å². The molecule has 3 aromatic carbocycles. The molecule has 0 spiro atoms. The zero-order valence-electron chi connectivity index (χ0n) is 19.5. The summed E-state index contributed by atoms with van der Waals surface area (Å²) in [6.45, 7) is 0.409. The highest BCUT2D eigenvalue weighted by atomic mass is 79.9. The van der Waals surface area contributed by atoms with Crippen molar-refractivity contribution in [1.82, 2.24) is 18.7 Å². The molecule has 5 aromatic rings. The van der Waals surface area contributed by atoms with Crippen LogP contribution in [0.2, 0.25) is 0 Å². The lowest BCUT2D eigenvalue weighted by molar-refractivity contribution is 0.705. The van der Waals surface area contributed by atoms with Crippen LogP contribution in [0.5, 0.6) is 0 Å². The lowest BCUT2D eigenvalue weighted by atomic mass is 10.1. The van der Waals surface area contributed by atoms with Crippen molar-refractivity contribution in [1.29, 1.82) is 0 Å². The first-order valence-corrected chi connectivity index (χ1v) is 11.8. The number of nitrogens with zero attached hydrogens (tertiary/aromatic N) is 6. The third kappa shape index (κ3) is 4.08. The van der Waals surface area contributed by atoms with Gasteiger partial charge in [-0.3, -0.25) is 13.9 Å². The van der Waals surface area contributed by atoms with Crippen LogP contribution in [0.15, 0.2) is 85.9 Å². The van der Waals surface area contributed by atoms with E-state index in [0.29, 0.717) is 23.7 Å². The van der Waals surface area contributed by atoms with Crippen LogP contribution in [0.1, 0.15) is 11.1 Å². The predicted molar refractivity (Wildman–Crippen MR) is 143 cm³/mol. The second-order valence-corrected chi connectivity index (χ2v) is 9.26. The standard InChI is InChI=1S/C26H23BrN6O2/c1-30-22-23(31(2)26(35)32(3)24(22)34)29-25(30)33(16-17-8-6-12-20(27)14-17)28-15-19-11-7-10-18-9-4-5-13-21(18)19/h4-15H,16H2,1-3H3/b28-15+. The summed E-state index contributed by atoms with van der Waals surface area (Å²) in [7, 11) is 4.84. The average Bonchev–Trinajstić information content (AvgIpc) is 3.21. The Hall–Kier alpha value is -3.98. The SMILES string of the molecule is Cn1c(=O)c2c(nc(N(Cc3cccc(Br)c3)/N=C/c3cccc4ccccc34)n2C)n(C)c1=O. The molecule has 9 heteroatoms. The molecule has 0 saturated carbocycles. The zero-order chi connectivity index (χ0) is 24.7. The molecule has 0 aliphatic carbocycles. The first kappa shape index (κ1) is 22.8. The average molecular weight is 531 g/mol. The van der Waals surface area contributed by atoms with E-state index >= 15 is 0 Å². The van der Waals surface area contributed by atoms with Crippen LogP contribution >= 0.6 is 15.9 Å². The maximum atomic E-state index is 12.9. The normalized spacial score (nSPS) is 11.7. The summed E-state index contributed by atoms with van der Waals surface area (Å²) in [5.41, 5.74) is 1.79. The topological polar surface area (TPSA) is 77.4 Å². The third-order valence-electron chi connectivity index (χ3n) is 6.06. The number of hydrogen-bond donors (Lipinski definition) is 0. The van der Waals surface area contributed by atoms with Gasteiger partial charge in [-0.15, -0.1) is 0 Å². The van der Waals surface area contributed by atoms with Gasteiger partial charge in [0.15, 0.2) is 11.2 Å². The fraction of sp³-hybridized carbons (Fsp3) is 0.154. The summed E-state index contributed by atoms with van der Waals surface area (Å²) >= 11 is 3.53. The molecule has 0 atom stereocenters. The molecular weight excluding hydrogens is 508 g/mol. The fourth-order valence-corrected chi connectivity index (χ4v) is 4.65. The van der Waals surface area contributed by atoms with Crippen molar-refractivity contribution < 1.29 is 0 Å². The molecule has 0 bridgehead atoms. The second kappa shape index (κ2) is 8.99. The van der Waals surface area contributed by atoms with Gasteiger partial charge in [-0.2, -0.15) is 10.1 Å². The highest BCUT2D eigenvalue weighted by Crippen LogP contribution is 2.23. The molecule has 0 aliphatic heterocycles. The van der Waals surface area contributed by atoms with Gasteiger partial charge >= 0.3 is 5.69 Å². The van der Waals surface area contributed by atoms with Crippen molar-refractivity contribution in [3.63, 3.8) is 0 Å². The van der Waals surface area contributed by atoms with Crippen molar-refractivity contribution in [3.05, 3.63) is 103 Å². The van der Waals surface area contributed by atoms with Gasteiger partial charge < -0.3 is 4.57 Å². The van der Waals surface area contributed by atoms with E-state index in [4.69, 9.17) is 5.10 Å². The van der Waals surface area contributed by atoms with E-state index in [9.17, 15) is 9.59 Å². The molecule has 8 nitrogen and oxygen atoms in total. The molecule has 5 rings (SSSR count). The number of rotatable bonds is 5. The molecule has 0 aliphatic rings. The Labute approximate surface area is 209 Å². The minimum absolute atomic E-state index is 0.315. The smallest absolute Gasteiger partial charge is 0.306 e. The molecule has 0 unspecified atom stereocenters. The summed E-state index contributed by atoms with van der Waals surface area (Å²) in [5, 5.41) is 8.76. The molecule has 2 heterocycles. The Morgan fingerprint density at radius 1 is 0.943 bits per heavy atom. The van der Waals surface area contributed by atoms with Gasteiger partial charge in [0.1, 0.15) is 0 Å². The fourth-order valence-electron chi connectivity index (χ4n) is 4.20. The predicted octanol–water partition coefficient (Wildman–Crippen LogP) is 3.93. The van der Waals surface area contributed by atoms with Crippen molar-refractivity contribution in [2.75, 3.05) is 5.01 Å². The van der Waals surface area contributed by atoms with Crippen LogP contribution in [-0.4, -0.2) is 24.9 Å². The maximum absolute atomic E-state index is 12.9. The Bertz CT molecular complexity index is 1730. The van der Waals surface area contributed by atoms with Crippen LogP contribution in [0.4, 0.5) is 5.95 Å². The van der Waals surface area contributed by atoms with Crippen LogP contribution in [0, 0.1) is 0 Å². The van der Waals surface area contributed by atoms with Crippen LogP contribution in [0.3, 0.4) is 0 Å². The van der Waals surface area contributed by atoms with Crippen molar-refractivity contribution >= 4 is 50.0 Å². The van der Waals surface area contributed by atoms with Gasteiger partial charge in [0.25, 0.3) is 5.56 Å². The number of hydrogen-bond acceptors (Lipinski definition) is 5. The monoisotopic (exact) mass is 530 g/mol. The highest BCUT2D eigenvalue weighted by Gasteiger charge is 2.21. The highest BCUT2D eigenvalue weighted by molar-refractivity contribution is 9.10.